The number of para-hydroxylation sites is 2. The zero-order valence-corrected chi connectivity index (χ0v) is 16.1. The van der Waals surface area contributed by atoms with Crippen molar-refractivity contribution in [2.45, 2.75) is 13.3 Å². The first-order valence-corrected chi connectivity index (χ1v) is 9.74. The van der Waals surface area contributed by atoms with Crippen molar-refractivity contribution >= 4 is 33.9 Å². The maximum atomic E-state index is 12.5. The fraction of sp³-hybridized carbons (Fsp3) is 0.0952. The van der Waals surface area contributed by atoms with Gasteiger partial charge in [0.05, 0.1) is 23.5 Å². The van der Waals surface area contributed by atoms with E-state index in [4.69, 9.17) is 0 Å². The number of benzene rings is 2. The van der Waals surface area contributed by atoms with Crippen molar-refractivity contribution in [3.63, 3.8) is 0 Å². The van der Waals surface area contributed by atoms with E-state index in [0.717, 1.165) is 27.9 Å². The predicted octanol–water partition coefficient (Wildman–Crippen LogP) is 4.56. The monoisotopic (exact) mass is 389 g/mol. The summed E-state index contributed by atoms with van der Waals surface area (Å²) in [6, 6.07) is 21.4. The van der Waals surface area contributed by atoms with Gasteiger partial charge in [-0.15, -0.1) is 11.3 Å². The number of carbonyl (C=O) groups excluding carboxylic acids is 1. The fourth-order valence-electron chi connectivity index (χ4n) is 2.80. The van der Waals surface area contributed by atoms with Crippen LogP contribution < -0.4 is 10.6 Å². The Morgan fingerprint density at radius 1 is 1.07 bits per heavy atom. The average molecular weight is 389 g/mol. The number of thiazole rings is 1. The van der Waals surface area contributed by atoms with Gasteiger partial charge < -0.3 is 10.6 Å². The van der Waals surface area contributed by atoms with E-state index in [1.54, 1.807) is 4.68 Å². The number of hydrogen-bond donors (Lipinski definition) is 2. The van der Waals surface area contributed by atoms with E-state index < -0.39 is 0 Å². The van der Waals surface area contributed by atoms with Gasteiger partial charge in [-0.05, 0) is 31.2 Å². The van der Waals surface area contributed by atoms with Gasteiger partial charge in [-0.3, -0.25) is 4.79 Å². The molecule has 0 aliphatic carbocycles. The number of amides is 1. The maximum Gasteiger partial charge on any atom is 0.231 e. The second kappa shape index (κ2) is 8.06. The predicted molar refractivity (Wildman–Crippen MR) is 112 cm³/mol. The van der Waals surface area contributed by atoms with Crippen molar-refractivity contribution in [1.82, 2.24) is 14.8 Å². The summed E-state index contributed by atoms with van der Waals surface area (Å²) in [7, 11) is 0. The number of aryl methyl sites for hydroxylation is 1. The van der Waals surface area contributed by atoms with Gasteiger partial charge in [-0.2, -0.15) is 5.10 Å². The Kier molecular flexibility index (Phi) is 5.16. The van der Waals surface area contributed by atoms with Gasteiger partial charge in [0, 0.05) is 17.1 Å². The molecular weight excluding hydrogens is 370 g/mol. The van der Waals surface area contributed by atoms with Gasteiger partial charge in [0.1, 0.15) is 5.82 Å². The molecule has 0 saturated carbocycles. The smallest absolute Gasteiger partial charge is 0.231 e. The summed E-state index contributed by atoms with van der Waals surface area (Å²) in [5.41, 5.74) is 3.43. The Balaban J connectivity index is 1.43. The number of rotatable bonds is 6. The molecule has 2 N–H and O–H groups in total. The highest BCUT2D eigenvalue weighted by Gasteiger charge is 2.13. The lowest BCUT2D eigenvalue weighted by Crippen LogP contribution is -2.17. The van der Waals surface area contributed by atoms with Crippen molar-refractivity contribution in [2.75, 3.05) is 10.6 Å². The normalized spacial score (nSPS) is 10.6. The van der Waals surface area contributed by atoms with Crippen LogP contribution in [0.5, 0.6) is 0 Å². The van der Waals surface area contributed by atoms with Crippen LogP contribution >= 0.6 is 11.3 Å². The van der Waals surface area contributed by atoms with Crippen LogP contribution in [0.1, 0.15) is 11.4 Å². The first-order valence-electron chi connectivity index (χ1n) is 8.86. The zero-order valence-electron chi connectivity index (χ0n) is 15.3. The van der Waals surface area contributed by atoms with Crippen molar-refractivity contribution in [2.24, 2.45) is 0 Å². The molecule has 2 aromatic carbocycles. The van der Waals surface area contributed by atoms with E-state index in [0.29, 0.717) is 5.82 Å². The van der Waals surface area contributed by atoms with Gasteiger partial charge in [0.25, 0.3) is 0 Å². The van der Waals surface area contributed by atoms with Crippen LogP contribution in [-0.2, 0) is 11.2 Å². The molecule has 0 atom stereocenters. The fourth-order valence-corrected chi connectivity index (χ4v) is 3.53. The van der Waals surface area contributed by atoms with Crippen molar-refractivity contribution in [3.05, 3.63) is 83.5 Å². The van der Waals surface area contributed by atoms with Crippen LogP contribution in [0.4, 0.5) is 16.6 Å². The first-order chi connectivity index (χ1) is 13.7. The van der Waals surface area contributed by atoms with Crippen molar-refractivity contribution < 1.29 is 4.79 Å². The largest absolute Gasteiger partial charge is 0.332 e. The van der Waals surface area contributed by atoms with Gasteiger partial charge in [0.15, 0.2) is 5.13 Å². The number of anilines is 3. The summed E-state index contributed by atoms with van der Waals surface area (Å²) in [5.74, 6) is 0.514. The third-order valence-corrected chi connectivity index (χ3v) is 4.82. The maximum absolute atomic E-state index is 12.5. The molecule has 28 heavy (non-hydrogen) atoms. The number of nitrogens with one attached hydrogen (secondary N) is 2. The van der Waals surface area contributed by atoms with E-state index in [-0.39, 0.29) is 12.3 Å². The van der Waals surface area contributed by atoms with Gasteiger partial charge in [-0.1, -0.05) is 36.4 Å². The summed E-state index contributed by atoms with van der Waals surface area (Å²) in [5, 5.41) is 13.3. The molecule has 0 fully saturated rings. The number of carbonyl (C=O) groups is 1. The SMILES string of the molecule is Cc1cc(NC(=O)Cc2csc(Nc3ccccc3)n2)n(-c2ccccc2)n1. The molecule has 2 aromatic heterocycles. The number of aromatic nitrogens is 3. The molecule has 0 saturated heterocycles. The molecule has 4 aromatic rings. The Bertz CT molecular complexity index is 1070. The summed E-state index contributed by atoms with van der Waals surface area (Å²) in [6.07, 6.45) is 0.200. The summed E-state index contributed by atoms with van der Waals surface area (Å²) in [4.78, 5) is 17.0. The summed E-state index contributed by atoms with van der Waals surface area (Å²) in [6.45, 7) is 1.90. The summed E-state index contributed by atoms with van der Waals surface area (Å²) >= 11 is 1.48. The van der Waals surface area contributed by atoms with Crippen LogP contribution in [0.15, 0.2) is 72.1 Å². The molecule has 0 spiro atoms. The topological polar surface area (TPSA) is 71.8 Å². The lowest BCUT2D eigenvalue weighted by molar-refractivity contribution is -0.115. The molecule has 1 amide bonds. The third-order valence-electron chi connectivity index (χ3n) is 4.02. The Morgan fingerprint density at radius 3 is 2.54 bits per heavy atom. The Labute approximate surface area is 166 Å². The minimum absolute atomic E-state index is 0.131. The molecule has 0 aliphatic rings. The van der Waals surface area contributed by atoms with Gasteiger partial charge in [0.2, 0.25) is 5.91 Å². The lowest BCUT2D eigenvalue weighted by Gasteiger charge is -2.08. The minimum Gasteiger partial charge on any atom is -0.332 e. The van der Waals surface area contributed by atoms with E-state index in [1.165, 1.54) is 11.3 Å². The Morgan fingerprint density at radius 2 is 1.79 bits per heavy atom. The molecule has 0 unspecified atom stereocenters. The average Bonchev–Trinajstić information content (AvgIpc) is 3.29. The van der Waals surface area contributed by atoms with Crippen molar-refractivity contribution in [1.29, 1.82) is 0 Å². The zero-order chi connectivity index (χ0) is 19.3. The van der Waals surface area contributed by atoms with Crippen LogP contribution in [-0.4, -0.2) is 20.7 Å². The quantitative estimate of drug-likeness (QED) is 0.507. The molecule has 140 valence electrons. The molecule has 0 radical (unpaired) electrons. The molecular formula is C21H19N5OS. The third kappa shape index (κ3) is 4.27. The standard InChI is InChI=1S/C21H19N5OS/c1-15-12-19(26(25-15)18-10-6-3-7-11-18)24-20(27)13-17-14-28-21(23-17)22-16-8-4-2-5-9-16/h2-12,14H,13H2,1H3,(H,22,23)(H,24,27). The highest BCUT2D eigenvalue weighted by Crippen LogP contribution is 2.22. The molecule has 0 aliphatic heterocycles. The lowest BCUT2D eigenvalue weighted by atomic mass is 10.3. The van der Waals surface area contributed by atoms with Crippen LogP contribution in [0.2, 0.25) is 0 Å². The second-order valence-corrected chi connectivity index (χ2v) is 7.14. The van der Waals surface area contributed by atoms with E-state index >= 15 is 0 Å². The number of nitrogens with zero attached hydrogens (tertiary/aromatic N) is 3. The van der Waals surface area contributed by atoms with E-state index in [1.807, 2.05) is 79.0 Å². The molecule has 7 heteroatoms. The van der Waals surface area contributed by atoms with Gasteiger partial charge >= 0.3 is 0 Å². The van der Waals surface area contributed by atoms with Crippen molar-refractivity contribution in [3.8, 4) is 5.69 Å². The van der Waals surface area contributed by atoms with E-state index in [9.17, 15) is 4.79 Å². The highest BCUT2D eigenvalue weighted by atomic mass is 32.1. The second-order valence-electron chi connectivity index (χ2n) is 6.28. The van der Waals surface area contributed by atoms with E-state index in [2.05, 4.69) is 20.7 Å². The van der Waals surface area contributed by atoms with Gasteiger partial charge in [-0.25, -0.2) is 9.67 Å². The molecule has 6 nitrogen and oxygen atoms in total. The number of hydrogen-bond acceptors (Lipinski definition) is 5. The highest BCUT2D eigenvalue weighted by molar-refractivity contribution is 7.13. The molecule has 0 bridgehead atoms. The molecule has 2 heterocycles. The Hall–Kier alpha value is -3.45. The minimum atomic E-state index is -0.131. The van der Waals surface area contributed by atoms with Crippen LogP contribution in [0, 0.1) is 6.92 Å². The van der Waals surface area contributed by atoms with Crippen LogP contribution in [0.25, 0.3) is 5.69 Å². The summed E-state index contributed by atoms with van der Waals surface area (Å²) < 4.78 is 1.73. The molecule has 4 rings (SSSR count). The first kappa shape index (κ1) is 17.9. The van der Waals surface area contributed by atoms with Crippen LogP contribution in [0.3, 0.4) is 0 Å².